The molecule has 11 heteroatoms. The maximum Gasteiger partial charge on any atom is 0.300 e. The number of carbonyl (C=O) groups excluding carboxylic acids is 1. The fraction of sp³-hybridized carbons (Fsp3) is 0.800. The molecule has 0 aliphatic heterocycles. The molecule has 1 saturated carbocycles. The first kappa shape index (κ1) is 26.5. The zero-order valence-corrected chi connectivity index (χ0v) is 16.8. The summed E-state index contributed by atoms with van der Waals surface area (Å²) in [6, 6.07) is -0.116. The Morgan fingerprint density at radius 1 is 1.08 bits per heavy atom. The normalized spacial score (nSPS) is 19.3. The van der Waals surface area contributed by atoms with Crippen molar-refractivity contribution in [2.45, 2.75) is 51.6 Å². The monoisotopic (exact) mass is 397 g/mol. The highest BCUT2D eigenvalue weighted by molar-refractivity contribution is 7.88. The summed E-state index contributed by atoms with van der Waals surface area (Å²) in [6.45, 7) is 2.07. The average molecular weight is 397 g/mol. The lowest BCUT2D eigenvalue weighted by molar-refractivity contribution is -0.135. The molecule has 0 bridgehead atoms. The highest BCUT2D eigenvalue weighted by Gasteiger charge is 2.32. The third-order valence-electron chi connectivity index (χ3n) is 3.31. The third-order valence-corrected chi connectivity index (χ3v) is 4.59. The van der Waals surface area contributed by atoms with Crippen LogP contribution in [0.15, 0.2) is 0 Å². The Labute approximate surface area is 155 Å². The number of hydrogen-bond acceptors (Lipinski definition) is 6. The van der Waals surface area contributed by atoms with Crippen molar-refractivity contribution in [1.29, 1.82) is 0 Å². The number of hydrogen-bond donors (Lipinski definition) is 3. The summed E-state index contributed by atoms with van der Waals surface area (Å²) in [7, 11) is -0.145. The number of sulfonamides is 1. The number of amides is 1. The number of carboxylic acids is 2. The molecule has 1 amide bonds. The zero-order valence-electron chi connectivity index (χ0n) is 16.0. The van der Waals surface area contributed by atoms with Gasteiger partial charge in [-0.05, 0) is 19.3 Å². The Bertz CT molecular complexity index is 544. The van der Waals surface area contributed by atoms with Crippen LogP contribution in [0.4, 0.5) is 0 Å². The molecule has 1 rings (SSSR count). The highest BCUT2D eigenvalue weighted by Crippen LogP contribution is 2.23. The first-order valence-corrected chi connectivity index (χ1v) is 9.84. The molecule has 154 valence electrons. The number of likely N-dealkylation sites (N-methyl/N-ethyl adjacent to an activating group) is 1. The van der Waals surface area contributed by atoms with Crippen molar-refractivity contribution >= 4 is 27.9 Å². The van der Waals surface area contributed by atoms with Gasteiger partial charge < -0.3 is 20.8 Å². The second kappa shape index (κ2) is 12.6. The van der Waals surface area contributed by atoms with Gasteiger partial charge >= 0.3 is 0 Å². The van der Waals surface area contributed by atoms with E-state index in [1.165, 1.54) is 9.21 Å². The van der Waals surface area contributed by atoms with E-state index >= 15 is 0 Å². The fourth-order valence-electron chi connectivity index (χ4n) is 2.25. The molecule has 26 heavy (non-hydrogen) atoms. The van der Waals surface area contributed by atoms with Crippen LogP contribution >= 0.6 is 0 Å². The van der Waals surface area contributed by atoms with Gasteiger partial charge in [0.1, 0.15) is 0 Å². The van der Waals surface area contributed by atoms with E-state index in [1.807, 2.05) is 0 Å². The van der Waals surface area contributed by atoms with Gasteiger partial charge in [-0.25, -0.2) is 8.42 Å². The van der Waals surface area contributed by atoms with Gasteiger partial charge in [0, 0.05) is 40.0 Å². The molecule has 0 saturated heterocycles. The van der Waals surface area contributed by atoms with Gasteiger partial charge in [-0.1, -0.05) is 6.42 Å². The molecule has 0 heterocycles. The molecular weight excluding hydrogens is 366 g/mol. The Morgan fingerprint density at radius 3 is 1.81 bits per heavy atom. The van der Waals surface area contributed by atoms with E-state index in [1.54, 1.807) is 14.1 Å². The van der Waals surface area contributed by atoms with Crippen LogP contribution in [0.5, 0.6) is 0 Å². The molecule has 10 nitrogen and oxygen atoms in total. The molecule has 1 aliphatic rings. The summed E-state index contributed by atoms with van der Waals surface area (Å²) in [5.41, 5.74) is 5.88. The van der Waals surface area contributed by atoms with Crippen LogP contribution < -0.4 is 5.73 Å². The molecule has 2 atom stereocenters. The lowest BCUT2D eigenvalue weighted by atomic mass is 9.91. The van der Waals surface area contributed by atoms with E-state index in [-0.39, 0.29) is 24.5 Å². The predicted molar refractivity (Wildman–Crippen MR) is 97.1 cm³/mol. The fourth-order valence-corrected chi connectivity index (χ4v) is 3.33. The Balaban J connectivity index is 0. The quantitative estimate of drug-likeness (QED) is 0.587. The van der Waals surface area contributed by atoms with Crippen molar-refractivity contribution in [2.24, 2.45) is 5.73 Å². The lowest BCUT2D eigenvalue weighted by Crippen LogP contribution is -2.49. The van der Waals surface area contributed by atoms with Crippen LogP contribution in [0.3, 0.4) is 0 Å². The van der Waals surface area contributed by atoms with Crippen LogP contribution in [0.25, 0.3) is 0 Å². The molecule has 0 aromatic rings. The van der Waals surface area contributed by atoms with E-state index in [9.17, 15) is 13.2 Å². The SMILES string of the molecule is CC(=O)O.CC(=O)O.CN(C)C(=O)CN(C1CCCC(N)C1)S(C)(=O)=O. The first-order valence-electron chi connectivity index (χ1n) is 8.00. The summed E-state index contributed by atoms with van der Waals surface area (Å²) >= 11 is 0. The summed E-state index contributed by atoms with van der Waals surface area (Å²) in [5, 5.41) is 14.8. The van der Waals surface area contributed by atoms with E-state index < -0.39 is 22.0 Å². The maximum atomic E-state index is 11.8. The largest absolute Gasteiger partial charge is 0.481 e. The van der Waals surface area contributed by atoms with Crippen molar-refractivity contribution in [3.63, 3.8) is 0 Å². The summed E-state index contributed by atoms with van der Waals surface area (Å²) in [4.78, 5) is 31.1. The average Bonchev–Trinajstić information content (AvgIpc) is 2.41. The third kappa shape index (κ3) is 14.6. The van der Waals surface area contributed by atoms with Gasteiger partial charge in [-0.3, -0.25) is 14.4 Å². The molecule has 2 unspecified atom stereocenters. The molecule has 0 spiro atoms. The number of carbonyl (C=O) groups is 3. The summed E-state index contributed by atoms with van der Waals surface area (Å²) in [5.74, 6) is -1.88. The summed E-state index contributed by atoms with van der Waals surface area (Å²) < 4.78 is 24.9. The molecule has 0 aromatic heterocycles. The van der Waals surface area contributed by atoms with Gasteiger partial charge in [0.05, 0.1) is 12.8 Å². The predicted octanol–water partition coefficient (Wildman–Crippen LogP) is -0.212. The maximum absolute atomic E-state index is 11.8. The Hall–Kier alpha value is -1.72. The molecule has 4 N–H and O–H groups in total. The van der Waals surface area contributed by atoms with Gasteiger partial charge in [0.2, 0.25) is 15.9 Å². The minimum Gasteiger partial charge on any atom is -0.481 e. The standard InChI is InChI=1S/C11H23N3O3S.2C2H4O2/c1-13(2)11(15)8-14(18(3,16)17)10-6-4-5-9(12)7-10;2*1-2(3)4/h9-10H,4-8,12H2,1-3H3;2*1H3,(H,3,4). The van der Waals surface area contributed by atoms with Gasteiger partial charge in [-0.2, -0.15) is 4.31 Å². The topological polar surface area (TPSA) is 158 Å². The Morgan fingerprint density at radius 2 is 1.50 bits per heavy atom. The lowest BCUT2D eigenvalue weighted by Gasteiger charge is -2.34. The second-order valence-electron chi connectivity index (χ2n) is 6.21. The number of carboxylic acid groups (broad SMARTS) is 2. The van der Waals surface area contributed by atoms with E-state index in [4.69, 9.17) is 25.5 Å². The van der Waals surface area contributed by atoms with Gasteiger partial charge in [0.15, 0.2) is 0 Å². The Kier molecular flexibility index (Phi) is 12.9. The van der Waals surface area contributed by atoms with Crippen LogP contribution in [0.1, 0.15) is 39.5 Å². The smallest absolute Gasteiger partial charge is 0.300 e. The van der Waals surface area contributed by atoms with Crippen molar-refractivity contribution in [3.05, 3.63) is 0 Å². The van der Waals surface area contributed by atoms with Crippen LogP contribution in [0, 0.1) is 0 Å². The molecule has 0 aromatic carbocycles. The van der Waals surface area contributed by atoms with E-state index in [0.29, 0.717) is 6.42 Å². The molecular formula is C15H31N3O7S. The number of nitrogens with zero attached hydrogens (tertiary/aromatic N) is 2. The number of nitrogens with two attached hydrogens (primary N) is 1. The highest BCUT2D eigenvalue weighted by atomic mass is 32.2. The van der Waals surface area contributed by atoms with E-state index in [0.717, 1.165) is 39.4 Å². The minimum atomic E-state index is -3.39. The summed E-state index contributed by atoms with van der Waals surface area (Å²) in [6.07, 6.45) is 4.40. The van der Waals surface area contributed by atoms with Crippen LogP contribution in [-0.4, -0.2) is 84.7 Å². The van der Waals surface area contributed by atoms with Crippen LogP contribution in [0.2, 0.25) is 0 Å². The number of rotatable bonds is 4. The zero-order chi connectivity index (χ0) is 21.1. The number of aliphatic carboxylic acids is 2. The van der Waals surface area contributed by atoms with Gasteiger partial charge in [0.25, 0.3) is 11.9 Å². The molecule has 1 fully saturated rings. The van der Waals surface area contributed by atoms with Gasteiger partial charge in [-0.15, -0.1) is 0 Å². The first-order chi connectivity index (χ1) is 11.7. The minimum absolute atomic E-state index is 0.0301. The molecule has 0 radical (unpaired) electrons. The molecule has 1 aliphatic carbocycles. The van der Waals surface area contributed by atoms with Crippen molar-refractivity contribution in [1.82, 2.24) is 9.21 Å². The van der Waals surface area contributed by atoms with Crippen molar-refractivity contribution < 1.29 is 33.0 Å². The van der Waals surface area contributed by atoms with Crippen molar-refractivity contribution in [3.8, 4) is 0 Å². The van der Waals surface area contributed by atoms with Crippen LogP contribution in [-0.2, 0) is 24.4 Å². The van der Waals surface area contributed by atoms with E-state index in [2.05, 4.69) is 0 Å². The van der Waals surface area contributed by atoms with Crippen molar-refractivity contribution in [2.75, 3.05) is 26.9 Å². The second-order valence-corrected chi connectivity index (χ2v) is 8.15.